The summed E-state index contributed by atoms with van der Waals surface area (Å²) in [4.78, 5) is 22.5. The van der Waals surface area contributed by atoms with Gasteiger partial charge in [-0.05, 0) is 0 Å². The average Bonchev–Trinajstić information content (AvgIpc) is 2.70. The molecular weight excluding hydrogens is 491 g/mol. The quantitative estimate of drug-likeness (QED) is 0.162. The standard InChI is InChI=1S/C15H7F13O4/c16-6-7(17)9(19)11(10(20)8(6)18)32-5(30)2-1-4(29)31-3-13(23,24)15(27,28)14(25,26)12(21)22/h12H,1-3H2. The van der Waals surface area contributed by atoms with Gasteiger partial charge in [0.15, 0.2) is 6.61 Å². The molecule has 1 aromatic rings. The van der Waals surface area contributed by atoms with E-state index in [2.05, 4.69) is 9.47 Å². The van der Waals surface area contributed by atoms with Crippen molar-refractivity contribution in [2.45, 2.75) is 37.0 Å². The van der Waals surface area contributed by atoms with E-state index in [9.17, 15) is 66.7 Å². The molecule has 0 N–H and O–H groups in total. The molecule has 0 saturated carbocycles. The fourth-order valence-electron chi connectivity index (χ4n) is 1.76. The fourth-order valence-corrected chi connectivity index (χ4v) is 1.76. The Hall–Kier alpha value is -2.75. The third-order valence-electron chi connectivity index (χ3n) is 3.49. The Morgan fingerprint density at radius 1 is 0.719 bits per heavy atom. The Labute approximate surface area is 167 Å². The topological polar surface area (TPSA) is 52.6 Å². The number of hydrogen-bond donors (Lipinski definition) is 0. The zero-order chi connectivity index (χ0) is 25.2. The van der Waals surface area contributed by atoms with Crippen molar-refractivity contribution in [2.75, 3.05) is 6.61 Å². The van der Waals surface area contributed by atoms with Crippen molar-refractivity contribution in [2.24, 2.45) is 0 Å². The van der Waals surface area contributed by atoms with Crippen molar-refractivity contribution < 1.29 is 76.1 Å². The van der Waals surface area contributed by atoms with Gasteiger partial charge in [-0.15, -0.1) is 0 Å². The molecule has 0 fully saturated rings. The number of rotatable bonds is 9. The Morgan fingerprint density at radius 3 is 1.56 bits per heavy atom. The highest BCUT2D eigenvalue weighted by molar-refractivity contribution is 5.79. The molecule has 0 aliphatic carbocycles. The molecular formula is C15H7F13O4. The average molecular weight is 498 g/mol. The Morgan fingerprint density at radius 2 is 1.12 bits per heavy atom. The zero-order valence-corrected chi connectivity index (χ0v) is 14.7. The summed E-state index contributed by atoms with van der Waals surface area (Å²) < 4.78 is 174. The Kier molecular flexibility index (Phi) is 8.01. The summed E-state index contributed by atoms with van der Waals surface area (Å²) in [6.07, 6.45) is -7.98. The third kappa shape index (κ3) is 5.17. The van der Waals surface area contributed by atoms with Crippen molar-refractivity contribution in [1.29, 1.82) is 0 Å². The van der Waals surface area contributed by atoms with Crippen LogP contribution < -0.4 is 4.74 Å². The number of halogens is 13. The van der Waals surface area contributed by atoms with E-state index in [0.717, 1.165) is 0 Å². The van der Waals surface area contributed by atoms with Gasteiger partial charge in [0.05, 0.1) is 12.8 Å². The molecule has 0 bridgehead atoms. The number of carbonyl (C=O) groups is 2. The van der Waals surface area contributed by atoms with Gasteiger partial charge >= 0.3 is 36.1 Å². The molecule has 17 heteroatoms. The van der Waals surface area contributed by atoms with Crippen LogP contribution in [0, 0.1) is 29.1 Å². The number of alkyl halides is 8. The monoisotopic (exact) mass is 498 g/mol. The van der Waals surface area contributed by atoms with Crippen LogP contribution in [0.3, 0.4) is 0 Å². The zero-order valence-electron chi connectivity index (χ0n) is 14.7. The first-order chi connectivity index (χ1) is 14.4. The molecule has 0 unspecified atom stereocenters. The van der Waals surface area contributed by atoms with Gasteiger partial charge in [-0.2, -0.15) is 35.1 Å². The number of ether oxygens (including phenoxy) is 2. The molecule has 32 heavy (non-hydrogen) atoms. The van der Waals surface area contributed by atoms with Gasteiger partial charge in [-0.3, -0.25) is 9.59 Å². The summed E-state index contributed by atoms with van der Waals surface area (Å²) in [6, 6.07) is 0. The maximum atomic E-state index is 13.3. The van der Waals surface area contributed by atoms with E-state index >= 15 is 0 Å². The molecule has 182 valence electrons. The predicted octanol–water partition coefficient (Wildman–Crippen LogP) is 4.78. The van der Waals surface area contributed by atoms with Crippen molar-refractivity contribution >= 4 is 11.9 Å². The predicted molar refractivity (Wildman–Crippen MR) is 72.9 cm³/mol. The Balaban J connectivity index is 2.74. The lowest BCUT2D eigenvalue weighted by Crippen LogP contribution is -2.59. The maximum Gasteiger partial charge on any atom is 0.381 e. The molecule has 0 aliphatic rings. The van der Waals surface area contributed by atoms with Crippen LogP contribution in [0.1, 0.15) is 12.8 Å². The van der Waals surface area contributed by atoms with E-state index in [-0.39, 0.29) is 0 Å². The number of benzene rings is 1. The van der Waals surface area contributed by atoms with Gasteiger partial charge in [-0.25, -0.2) is 22.0 Å². The van der Waals surface area contributed by atoms with Crippen LogP contribution >= 0.6 is 0 Å². The minimum Gasteiger partial charge on any atom is -0.459 e. The second kappa shape index (κ2) is 9.40. The molecule has 0 radical (unpaired) electrons. The maximum absolute atomic E-state index is 13.3. The summed E-state index contributed by atoms with van der Waals surface area (Å²) in [5, 5.41) is 0. The summed E-state index contributed by atoms with van der Waals surface area (Å²) >= 11 is 0. The van der Waals surface area contributed by atoms with Crippen molar-refractivity contribution in [3.63, 3.8) is 0 Å². The highest BCUT2D eigenvalue weighted by atomic mass is 19.4. The number of carbonyl (C=O) groups excluding carboxylic acids is 2. The van der Waals surface area contributed by atoms with Crippen LogP contribution in [-0.2, 0) is 14.3 Å². The van der Waals surface area contributed by atoms with Gasteiger partial charge in [0.1, 0.15) is 0 Å². The van der Waals surface area contributed by atoms with Crippen molar-refractivity contribution in [3.05, 3.63) is 29.1 Å². The smallest absolute Gasteiger partial charge is 0.381 e. The largest absolute Gasteiger partial charge is 0.459 e. The van der Waals surface area contributed by atoms with Crippen LogP contribution in [0.15, 0.2) is 0 Å². The van der Waals surface area contributed by atoms with Crippen LogP contribution in [0.5, 0.6) is 5.75 Å². The lowest BCUT2D eigenvalue weighted by Gasteiger charge is -2.31. The van der Waals surface area contributed by atoms with E-state index in [1.807, 2.05) is 0 Å². The molecule has 0 heterocycles. The first-order valence-corrected chi connectivity index (χ1v) is 7.67. The van der Waals surface area contributed by atoms with Gasteiger partial charge < -0.3 is 9.47 Å². The SMILES string of the molecule is O=C(CCC(=O)Oc1c(F)c(F)c(F)c(F)c1F)OCC(F)(F)C(F)(F)C(F)(F)C(F)F. The summed E-state index contributed by atoms with van der Waals surface area (Å²) in [5.41, 5.74) is 0. The van der Waals surface area contributed by atoms with Crippen LogP contribution in [-0.4, -0.2) is 42.7 Å². The lowest BCUT2D eigenvalue weighted by molar-refractivity contribution is -0.344. The molecule has 1 rings (SSSR count). The van der Waals surface area contributed by atoms with E-state index in [1.54, 1.807) is 0 Å². The molecule has 0 amide bonds. The van der Waals surface area contributed by atoms with Crippen molar-refractivity contribution in [1.82, 2.24) is 0 Å². The number of hydrogen-bond acceptors (Lipinski definition) is 4. The molecule has 0 aromatic heterocycles. The summed E-state index contributed by atoms with van der Waals surface area (Å²) in [5.74, 6) is -37.9. The van der Waals surface area contributed by atoms with E-state index in [4.69, 9.17) is 0 Å². The summed E-state index contributed by atoms with van der Waals surface area (Å²) in [7, 11) is 0. The first-order valence-electron chi connectivity index (χ1n) is 7.67. The fraction of sp³-hybridized carbons (Fsp3) is 0.467. The molecule has 0 saturated heterocycles. The second-order valence-electron chi connectivity index (χ2n) is 5.74. The van der Waals surface area contributed by atoms with Crippen LogP contribution in [0.2, 0.25) is 0 Å². The van der Waals surface area contributed by atoms with Crippen molar-refractivity contribution in [3.8, 4) is 5.75 Å². The molecule has 0 atom stereocenters. The second-order valence-corrected chi connectivity index (χ2v) is 5.74. The Bertz CT molecular complexity index is 856. The van der Waals surface area contributed by atoms with E-state index < -0.39 is 90.4 Å². The first kappa shape index (κ1) is 27.3. The van der Waals surface area contributed by atoms with Gasteiger partial charge in [0.25, 0.3) is 0 Å². The molecule has 0 aliphatic heterocycles. The van der Waals surface area contributed by atoms with Gasteiger partial charge in [0, 0.05) is 0 Å². The highest BCUT2D eigenvalue weighted by Crippen LogP contribution is 2.48. The van der Waals surface area contributed by atoms with Gasteiger partial charge in [0.2, 0.25) is 34.8 Å². The normalized spacial score (nSPS) is 12.8. The van der Waals surface area contributed by atoms with Crippen LogP contribution in [0.25, 0.3) is 0 Å². The molecule has 1 aromatic carbocycles. The molecule has 0 spiro atoms. The highest BCUT2D eigenvalue weighted by Gasteiger charge is 2.75. The van der Waals surface area contributed by atoms with Crippen LogP contribution in [0.4, 0.5) is 57.1 Å². The minimum atomic E-state index is -6.67. The molecule has 4 nitrogen and oxygen atoms in total. The van der Waals surface area contributed by atoms with Gasteiger partial charge in [-0.1, -0.05) is 0 Å². The minimum absolute atomic E-state index is 1.37. The summed E-state index contributed by atoms with van der Waals surface area (Å²) in [6.45, 7) is -2.84. The van der Waals surface area contributed by atoms with E-state index in [0.29, 0.717) is 0 Å². The lowest BCUT2D eigenvalue weighted by atomic mass is 10.1. The third-order valence-corrected chi connectivity index (χ3v) is 3.49. The number of esters is 2. The van der Waals surface area contributed by atoms with E-state index in [1.165, 1.54) is 0 Å².